The smallest absolute Gasteiger partial charge is 0.330 e. The van der Waals surface area contributed by atoms with E-state index in [1.807, 2.05) is 6.92 Å². The van der Waals surface area contributed by atoms with Crippen molar-refractivity contribution < 1.29 is 18.0 Å². The van der Waals surface area contributed by atoms with E-state index in [4.69, 9.17) is 0 Å². The van der Waals surface area contributed by atoms with E-state index < -0.39 is 18.6 Å². The van der Waals surface area contributed by atoms with E-state index in [0.29, 0.717) is 17.2 Å². The lowest BCUT2D eigenvalue weighted by Gasteiger charge is -2.24. The first-order chi connectivity index (χ1) is 10.2. The maximum atomic E-state index is 12.6. The number of benzene rings is 1. The average Bonchev–Trinajstić information content (AvgIpc) is 2.41. The van der Waals surface area contributed by atoms with Crippen LogP contribution in [0.1, 0.15) is 44.0 Å². The molecule has 0 saturated carbocycles. The molecular weight excluding hydrogens is 311 g/mol. The molecule has 6 heteroatoms. The lowest BCUT2D eigenvalue weighted by Crippen LogP contribution is -2.39. The first kappa shape index (κ1) is 18.9. The van der Waals surface area contributed by atoms with Gasteiger partial charge < -0.3 is 4.90 Å². The molecule has 2 nitrogen and oxygen atoms in total. The van der Waals surface area contributed by atoms with Crippen LogP contribution in [0.15, 0.2) is 29.2 Å². The van der Waals surface area contributed by atoms with Gasteiger partial charge in [0.1, 0.15) is 6.54 Å². The molecule has 1 rings (SSSR count). The molecule has 0 bridgehead atoms. The monoisotopic (exact) mass is 333 g/mol. The molecule has 0 heterocycles. The van der Waals surface area contributed by atoms with E-state index >= 15 is 0 Å². The Morgan fingerprint density at radius 2 is 1.82 bits per heavy atom. The fraction of sp³-hybridized carbons (Fsp3) is 0.562. The van der Waals surface area contributed by atoms with Gasteiger partial charge in [-0.2, -0.15) is 13.2 Å². The summed E-state index contributed by atoms with van der Waals surface area (Å²) in [6.45, 7) is 4.92. The van der Waals surface area contributed by atoms with Gasteiger partial charge >= 0.3 is 6.18 Å². The number of unbranched alkanes of at least 4 members (excludes halogenated alkanes) is 1. The zero-order valence-electron chi connectivity index (χ0n) is 13.1. The maximum Gasteiger partial charge on any atom is 0.406 e. The minimum Gasteiger partial charge on any atom is -0.330 e. The molecule has 1 amide bonds. The third kappa shape index (κ3) is 6.73. The highest BCUT2D eigenvalue weighted by molar-refractivity contribution is 7.99. The Balaban J connectivity index is 2.83. The molecule has 0 aromatic heterocycles. The number of rotatable bonds is 7. The predicted molar refractivity (Wildman–Crippen MR) is 84.3 cm³/mol. The van der Waals surface area contributed by atoms with Crippen LogP contribution in [0, 0.1) is 0 Å². The van der Waals surface area contributed by atoms with Crippen molar-refractivity contribution in [3.05, 3.63) is 29.8 Å². The maximum absolute atomic E-state index is 12.6. The van der Waals surface area contributed by atoms with Crippen molar-refractivity contribution in [2.45, 2.75) is 49.9 Å². The number of alkyl halides is 3. The van der Waals surface area contributed by atoms with Gasteiger partial charge in [0.05, 0.1) is 0 Å². The first-order valence-electron chi connectivity index (χ1n) is 7.35. The second kappa shape index (κ2) is 8.46. The van der Waals surface area contributed by atoms with Crippen LogP contribution in [0.4, 0.5) is 13.2 Å². The Morgan fingerprint density at radius 3 is 2.27 bits per heavy atom. The van der Waals surface area contributed by atoms with Gasteiger partial charge in [-0.05, 0) is 30.7 Å². The van der Waals surface area contributed by atoms with Gasteiger partial charge in [-0.3, -0.25) is 4.79 Å². The SMILES string of the molecule is CCCCN(CC(F)(F)F)C(=O)c1ccc(SC(C)C)cc1. The van der Waals surface area contributed by atoms with Crippen LogP contribution in [0.2, 0.25) is 0 Å². The first-order valence-corrected chi connectivity index (χ1v) is 8.23. The van der Waals surface area contributed by atoms with Crippen LogP contribution in [0.3, 0.4) is 0 Å². The summed E-state index contributed by atoms with van der Waals surface area (Å²) < 4.78 is 37.9. The van der Waals surface area contributed by atoms with E-state index in [1.54, 1.807) is 36.0 Å². The van der Waals surface area contributed by atoms with Crippen molar-refractivity contribution in [2.75, 3.05) is 13.1 Å². The van der Waals surface area contributed by atoms with Crippen molar-refractivity contribution >= 4 is 17.7 Å². The third-order valence-corrected chi connectivity index (χ3v) is 3.93. The van der Waals surface area contributed by atoms with Crippen molar-refractivity contribution in [2.24, 2.45) is 0 Å². The summed E-state index contributed by atoms with van der Waals surface area (Å²) >= 11 is 1.65. The highest BCUT2D eigenvalue weighted by Crippen LogP contribution is 2.24. The summed E-state index contributed by atoms with van der Waals surface area (Å²) in [5.41, 5.74) is 0.299. The molecule has 0 radical (unpaired) electrons. The topological polar surface area (TPSA) is 20.3 Å². The second-order valence-electron chi connectivity index (χ2n) is 5.39. The lowest BCUT2D eigenvalue weighted by atomic mass is 10.2. The predicted octanol–water partition coefficient (Wildman–Crippen LogP) is 4.99. The minimum atomic E-state index is -4.38. The molecule has 0 aliphatic rings. The molecule has 0 unspecified atom stereocenters. The molecule has 1 aromatic carbocycles. The highest BCUT2D eigenvalue weighted by Gasteiger charge is 2.33. The molecule has 1 aromatic rings. The fourth-order valence-electron chi connectivity index (χ4n) is 1.95. The van der Waals surface area contributed by atoms with Crippen molar-refractivity contribution in [3.8, 4) is 0 Å². The van der Waals surface area contributed by atoms with E-state index in [9.17, 15) is 18.0 Å². The van der Waals surface area contributed by atoms with Gasteiger partial charge in [0, 0.05) is 22.3 Å². The summed E-state index contributed by atoms with van der Waals surface area (Å²) in [6.07, 6.45) is -3.08. The van der Waals surface area contributed by atoms with Crippen molar-refractivity contribution in [1.29, 1.82) is 0 Å². The summed E-state index contributed by atoms with van der Waals surface area (Å²) in [4.78, 5) is 14.2. The van der Waals surface area contributed by atoms with Crippen LogP contribution in [-0.4, -0.2) is 35.3 Å². The number of halogens is 3. The van der Waals surface area contributed by atoms with Crippen LogP contribution in [0.25, 0.3) is 0 Å². The van der Waals surface area contributed by atoms with Gasteiger partial charge in [0.25, 0.3) is 5.91 Å². The Labute approximate surface area is 134 Å². The van der Waals surface area contributed by atoms with Gasteiger partial charge in [0.2, 0.25) is 0 Å². The largest absolute Gasteiger partial charge is 0.406 e. The molecule has 0 N–H and O–H groups in total. The quantitative estimate of drug-likeness (QED) is 0.655. The normalized spacial score (nSPS) is 11.8. The van der Waals surface area contributed by atoms with Gasteiger partial charge in [-0.1, -0.05) is 27.2 Å². The lowest BCUT2D eigenvalue weighted by molar-refractivity contribution is -0.140. The Hall–Kier alpha value is -1.17. The number of hydrogen-bond donors (Lipinski definition) is 0. The number of nitrogens with zero attached hydrogens (tertiary/aromatic N) is 1. The zero-order valence-corrected chi connectivity index (χ0v) is 13.9. The summed E-state index contributed by atoms with van der Waals surface area (Å²) in [6, 6.07) is 6.76. The number of thioether (sulfide) groups is 1. The molecular formula is C16H22F3NOS. The van der Waals surface area contributed by atoms with Crippen LogP contribution < -0.4 is 0 Å². The minimum absolute atomic E-state index is 0.122. The average molecular weight is 333 g/mol. The number of carbonyl (C=O) groups is 1. The van der Waals surface area contributed by atoms with Crippen LogP contribution >= 0.6 is 11.8 Å². The number of amides is 1. The van der Waals surface area contributed by atoms with Crippen LogP contribution in [0.5, 0.6) is 0 Å². The Kier molecular flexibility index (Phi) is 7.26. The van der Waals surface area contributed by atoms with Gasteiger partial charge in [-0.15, -0.1) is 11.8 Å². The summed E-state index contributed by atoms with van der Waals surface area (Å²) in [5.74, 6) is -0.563. The molecule has 0 aliphatic heterocycles. The highest BCUT2D eigenvalue weighted by atomic mass is 32.2. The van der Waals surface area contributed by atoms with Gasteiger partial charge in [-0.25, -0.2) is 0 Å². The van der Waals surface area contributed by atoms with Gasteiger partial charge in [0.15, 0.2) is 0 Å². The van der Waals surface area contributed by atoms with E-state index in [0.717, 1.165) is 16.2 Å². The summed E-state index contributed by atoms with van der Waals surface area (Å²) in [5, 5.41) is 0.410. The van der Waals surface area contributed by atoms with Crippen molar-refractivity contribution in [3.63, 3.8) is 0 Å². The molecule has 0 saturated heterocycles. The number of hydrogen-bond acceptors (Lipinski definition) is 2. The zero-order chi connectivity index (χ0) is 16.8. The van der Waals surface area contributed by atoms with Crippen LogP contribution in [-0.2, 0) is 0 Å². The molecule has 0 atom stereocenters. The molecule has 22 heavy (non-hydrogen) atoms. The molecule has 0 fully saturated rings. The van der Waals surface area contributed by atoms with E-state index in [2.05, 4.69) is 13.8 Å². The van der Waals surface area contributed by atoms with E-state index in [1.165, 1.54) is 0 Å². The molecule has 0 aliphatic carbocycles. The Morgan fingerprint density at radius 1 is 1.23 bits per heavy atom. The fourth-order valence-corrected chi connectivity index (χ4v) is 2.79. The van der Waals surface area contributed by atoms with E-state index in [-0.39, 0.29) is 6.54 Å². The standard InChI is InChI=1S/C16H22F3NOS/c1-4-5-10-20(11-16(17,18)19)15(21)13-6-8-14(9-7-13)22-12(2)3/h6-9,12H,4-5,10-11H2,1-3H3. The molecule has 0 spiro atoms. The molecule has 124 valence electrons. The van der Waals surface area contributed by atoms with Crippen molar-refractivity contribution in [1.82, 2.24) is 4.90 Å². The summed E-state index contributed by atoms with van der Waals surface area (Å²) in [7, 11) is 0. The number of carbonyl (C=O) groups excluding carboxylic acids is 1. The Bertz CT molecular complexity index is 471. The second-order valence-corrected chi connectivity index (χ2v) is 7.04. The third-order valence-electron chi connectivity index (χ3n) is 2.91.